The van der Waals surface area contributed by atoms with Gasteiger partial charge < -0.3 is 14.8 Å². The van der Waals surface area contributed by atoms with Crippen LogP contribution in [-0.2, 0) is 4.57 Å². The van der Waals surface area contributed by atoms with Crippen LogP contribution in [0.15, 0.2) is 84.9 Å². The number of hydrogen-bond acceptors (Lipinski definition) is 6. The van der Waals surface area contributed by atoms with Crippen LogP contribution in [0.2, 0.25) is 0 Å². The number of para-hydroxylation sites is 2. The Morgan fingerprint density at radius 3 is 1.85 bits per heavy atom. The topological polar surface area (TPSA) is 105 Å². The summed E-state index contributed by atoms with van der Waals surface area (Å²) in [6.07, 6.45) is 0. The third-order valence-corrected chi connectivity index (χ3v) is 5.63. The van der Waals surface area contributed by atoms with Crippen LogP contribution >= 0.6 is 7.60 Å². The average molecular weight is 384 g/mol. The summed E-state index contributed by atoms with van der Waals surface area (Å²) in [7, 11) is -3.97. The third kappa shape index (κ3) is 4.53. The molecule has 0 fully saturated rings. The lowest BCUT2D eigenvalue weighted by molar-refractivity contribution is -0.384. The van der Waals surface area contributed by atoms with Crippen molar-refractivity contribution in [1.82, 2.24) is 0 Å². The van der Waals surface area contributed by atoms with Gasteiger partial charge in [0.05, 0.1) is 4.92 Å². The first-order valence-corrected chi connectivity index (χ1v) is 9.68. The standard InChI is InChI=1S/C19H17N2O5P/c20-19(15-8-7-9-16(14-15)21(22)23)27(24,25-17-10-3-1-4-11-17)26-18-12-5-2-6-13-18/h1-14,19H,20H2. The lowest BCUT2D eigenvalue weighted by Gasteiger charge is -2.25. The molecule has 27 heavy (non-hydrogen) atoms. The number of nitro benzene ring substituents is 1. The van der Waals surface area contributed by atoms with E-state index in [-0.39, 0.29) is 11.3 Å². The average Bonchev–Trinajstić information content (AvgIpc) is 2.69. The van der Waals surface area contributed by atoms with Crippen molar-refractivity contribution >= 4 is 13.3 Å². The third-order valence-electron chi connectivity index (χ3n) is 3.71. The fraction of sp³-hybridized carbons (Fsp3) is 0.0526. The summed E-state index contributed by atoms with van der Waals surface area (Å²) in [6, 6.07) is 22.6. The van der Waals surface area contributed by atoms with Crippen LogP contribution in [0.5, 0.6) is 11.5 Å². The normalized spacial score (nSPS) is 12.2. The van der Waals surface area contributed by atoms with E-state index in [1.807, 2.05) is 0 Å². The molecule has 3 aromatic carbocycles. The highest BCUT2D eigenvalue weighted by Gasteiger charge is 2.38. The maximum absolute atomic E-state index is 13.6. The Morgan fingerprint density at radius 1 is 0.852 bits per heavy atom. The molecule has 0 spiro atoms. The number of benzene rings is 3. The van der Waals surface area contributed by atoms with E-state index in [0.29, 0.717) is 11.5 Å². The van der Waals surface area contributed by atoms with Crippen molar-refractivity contribution in [2.75, 3.05) is 0 Å². The Labute approximate surface area is 156 Å². The van der Waals surface area contributed by atoms with Gasteiger partial charge in [-0.3, -0.25) is 10.1 Å². The lowest BCUT2D eigenvalue weighted by Crippen LogP contribution is -2.18. The number of non-ortho nitro benzene ring substituents is 1. The highest BCUT2D eigenvalue weighted by Crippen LogP contribution is 2.57. The van der Waals surface area contributed by atoms with Gasteiger partial charge in [-0.15, -0.1) is 0 Å². The van der Waals surface area contributed by atoms with E-state index < -0.39 is 18.3 Å². The molecule has 0 bridgehead atoms. The van der Waals surface area contributed by atoms with Crippen LogP contribution in [0.3, 0.4) is 0 Å². The molecule has 0 aliphatic carbocycles. The summed E-state index contributed by atoms with van der Waals surface area (Å²) in [6.45, 7) is 0. The van der Waals surface area contributed by atoms with E-state index >= 15 is 0 Å². The second-order valence-electron chi connectivity index (χ2n) is 5.65. The molecular weight excluding hydrogens is 367 g/mol. The SMILES string of the molecule is NC(c1cccc([N+](=O)[O-])c1)P(=O)(Oc1ccccc1)Oc1ccccc1. The smallest absolute Gasteiger partial charge is 0.415 e. The molecule has 0 radical (unpaired) electrons. The molecule has 0 aliphatic rings. The fourth-order valence-electron chi connectivity index (χ4n) is 2.39. The number of nitro groups is 1. The highest BCUT2D eigenvalue weighted by molar-refractivity contribution is 7.55. The van der Waals surface area contributed by atoms with E-state index in [1.54, 1.807) is 66.7 Å². The zero-order valence-corrected chi connectivity index (χ0v) is 15.1. The van der Waals surface area contributed by atoms with E-state index in [9.17, 15) is 14.7 Å². The van der Waals surface area contributed by atoms with Gasteiger partial charge in [0.2, 0.25) is 0 Å². The summed E-state index contributed by atoms with van der Waals surface area (Å²) in [5.74, 6) is -0.590. The summed E-state index contributed by atoms with van der Waals surface area (Å²) in [4.78, 5) is 10.5. The first kappa shape index (κ1) is 18.6. The predicted molar refractivity (Wildman–Crippen MR) is 102 cm³/mol. The predicted octanol–water partition coefficient (Wildman–Crippen LogP) is 4.90. The largest absolute Gasteiger partial charge is 0.451 e. The molecule has 0 heterocycles. The van der Waals surface area contributed by atoms with Gasteiger partial charge >= 0.3 is 7.60 Å². The Balaban J connectivity index is 1.99. The Morgan fingerprint density at radius 2 is 1.37 bits per heavy atom. The minimum Gasteiger partial charge on any atom is -0.415 e. The van der Waals surface area contributed by atoms with E-state index in [0.717, 1.165) is 0 Å². The second kappa shape index (κ2) is 8.03. The monoisotopic (exact) mass is 384 g/mol. The molecule has 3 rings (SSSR count). The molecule has 0 aromatic heterocycles. The molecule has 1 atom stereocenters. The molecule has 138 valence electrons. The van der Waals surface area contributed by atoms with Crippen LogP contribution in [-0.4, -0.2) is 4.92 Å². The van der Waals surface area contributed by atoms with Crippen molar-refractivity contribution in [3.05, 3.63) is 101 Å². The zero-order chi connectivity index (χ0) is 19.3. The fourth-order valence-corrected chi connectivity index (χ4v) is 4.01. The summed E-state index contributed by atoms with van der Waals surface area (Å²) in [5.41, 5.74) is 6.32. The quantitative estimate of drug-likeness (QED) is 0.353. The molecule has 1 unspecified atom stereocenters. The van der Waals surface area contributed by atoms with E-state index in [2.05, 4.69) is 0 Å². The Hall–Kier alpha value is -3.15. The molecular formula is C19H17N2O5P. The van der Waals surface area contributed by atoms with E-state index in [4.69, 9.17) is 14.8 Å². The molecule has 3 aromatic rings. The summed E-state index contributed by atoms with van der Waals surface area (Å²) in [5, 5.41) is 11.0. The van der Waals surface area contributed by atoms with Crippen molar-refractivity contribution in [2.45, 2.75) is 5.78 Å². The Bertz CT molecular complexity index is 921. The van der Waals surface area contributed by atoms with Crippen LogP contribution in [0.25, 0.3) is 0 Å². The molecule has 0 amide bonds. The van der Waals surface area contributed by atoms with Crippen molar-refractivity contribution in [3.63, 3.8) is 0 Å². The van der Waals surface area contributed by atoms with Crippen LogP contribution in [0.1, 0.15) is 11.3 Å². The van der Waals surface area contributed by atoms with E-state index in [1.165, 1.54) is 18.2 Å². The van der Waals surface area contributed by atoms with Crippen molar-refractivity contribution in [3.8, 4) is 11.5 Å². The van der Waals surface area contributed by atoms with Gasteiger partial charge in [0.1, 0.15) is 11.5 Å². The first-order valence-electron chi connectivity index (χ1n) is 8.07. The molecule has 0 aliphatic heterocycles. The summed E-state index contributed by atoms with van der Waals surface area (Å²) < 4.78 is 24.9. The van der Waals surface area contributed by atoms with Crippen molar-refractivity contribution in [1.29, 1.82) is 0 Å². The molecule has 7 nitrogen and oxygen atoms in total. The van der Waals surface area contributed by atoms with Crippen LogP contribution in [0.4, 0.5) is 5.69 Å². The number of nitrogens with two attached hydrogens (primary N) is 1. The van der Waals surface area contributed by atoms with Crippen LogP contribution < -0.4 is 14.8 Å². The molecule has 8 heteroatoms. The first-order chi connectivity index (χ1) is 13.0. The van der Waals surface area contributed by atoms with Gasteiger partial charge in [-0.05, 0) is 29.8 Å². The molecule has 0 saturated heterocycles. The zero-order valence-electron chi connectivity index (χ0n) is 14.2. The minimum atomic E-state index is -3.97. The minimum absolute atomic E-state index is 0.158. The van der Waals surface area contributed by atoms with Crippen molar-refractivity contribution in [2.24, 2.45) is 5.73 Å². The maximum Gasteiger partial charge on any atom is 0.451 e. The van der Waals surface area contributed by atoms with Crippen LogP contribution in [0, 0.1) is 10.1 Å². The van der Waals surface area contributed by atoms with Crippen molar-refractivity contribution < 1.29 is 18.5 Å². The second-order valence-corrected chi connectivity index (χ2v) is 7.65. The Kier molecular flexibility index (Phi) is 5.54. The number of hydrogen-bond donors (Lipinski definition) is 1. The maximum atomic E-state index is 13.6. The molecule has 0 saturated carbocycles. The number of rotatable bonds is 7. The van der Waals surface area contributed by atoms with Gasteiger partial charge in [-0.1, -0.05) is 48.5 Å². The molecule has 2 N–H and O–H groups in total. The van der Waals surface area contributed by atoms with Gasteiger partial charge in [-0.2, -0.15) is 0 Å². The van der Waals surface area contributed by atoms with Gasteiger partial charge in [-0.25, -0.2) is 4.57 Å². The highest BCUT2D eigenvalue weighted by atomic mass is 31.2. The van der Waals surface area contributed by atoms with Gasteiger partial charge in [0.25, 0.3) is 5.69 Å². The van der Waals surface area contributed by atoms with Gasteiger partial charge in [0.15, 0.2) is 5.78 Å². The summed E-state index contributed by atoms with van der Waals surface area (Å²) >= 11 is 0. The van der Waals surface area contributed by atoms with Gasteiger partial charge in [0, 0.05) is 12.1 Å². The number of nitrogens with zero attached hydrogens (tertiary/aromatic N) is 1. The lowest BCUT2D eigenvalue weighted by atomic mass is 10.2.